The van der Waals surface area contributed by atoms with Gasteiger partial charge in [0.2, 0.25) is 5.88 Å². The number of hydrogen-bond donors (Lipinski definition) is 1. The third-order valence-corrected chi connectivity index (χ3v) is 6.87. The van der Waals surface area contributed by atoms with Crippen molar-refractivity contribution in [3.63, 3.8) is 0 Å². The standard InChI is InChI=1S/C23H26F3N3O4/c1-22(21(30)31)10-16(22)20-18(32-2)8-7-17(28-20)14-9-19(29-27-11-14)33-12-13-3-5-15(6-4-13)23(24,25)26/h7-9,11,13,15-16H,3-6,10,12H2,1-2H3,(H,30,31)/t13-,15-,16?,22?. The lowest BCUT2D eigenvalue weighted by atomic mass is 9.82. The van der Waals surface area contributed by atoms with Crippen LogP contribution >= 0.6 is 0 Å². The molecule has 0 aliphatic heterocycles. The summed E-state index contributed by atoms with van der Waals surface area (Å²) in [4.78, 5) is 16.2. The van der Waals surface area contributed by atoms with Crippen molar-refractivity contribution in [2.24, 2.45) is 17.3 Å². The lowest BCUT2D eigenvalue weighted by Crippen LogP contribution is -2.29. The minimum atomic E-state index is -4.13. The fraction of sp³-hybridized carbons (Fsp3) is 0.565. The van der Waals surface area contributed by atoms with E-state index in [9.17, 15) is 23.1 Å². The second-order valence-corrected chi connectivity index (χ2v) is 9.12. The SMILES string of the molecule is COc1ccc(-c2cnnc(OC[C@H]3CC[C@H](C(F)(F)F)CC3)c2)nc1C1CC1(C)C(=O)O. The van der Waals surface area contributed by atoms with Crippen LogP contribution in [0.4, 0.5) is 13.2 Å². The van der Waals surface area contributed by atoms with Gasteiger partial charge < -0.3 is 14.6 Å². The molecule has 2 aliphatic carbocycles. The molecule has 2 fully saturated rings. The van der Waals surface area contributed by atoms with Crippen molar-refractivity contribution in [1.82, 2.24) is 15.2 Å². The summed E-state index contributed by atoms with van der Waals surface area (Å²) in [6.07, 6.45) is -0.943. The lowest BCUT2D eigenvalue weighted by Gasteiger charge is -2.29. The molecule has 10 heteroatoms. The molecule has 0 amide bonds. The Bertz CT molecular complexity index is 1020. The van der Waals surface area contributed by atoms with Gasteiger partial charge in [-0.15, -0.1) is 5.10 Å². The van der Waals surface area contributed by atoms with Crippen LogP contribution in [0.2, 0.25) is 0 Å². The van der Waals surface area contributed by atoms with Crippen LogP contribution in [0, 0.1) is 17.3 Å². The number of pyridine rings is 1. The van der Waals surface area contributed by atoms with Crippen molar-refractivity contribution in [1.29, 1.82) is 0 Å². The van der Waals surface area contributed by atoms with Gasteiger partial charge >= 0.3 is 12.1 Å². The van der Waals surface area contributed by atoms with Gasteiger partial charge in [-0.3, -0.25) is 4.79 Å². The van der Waals surface area contributed by atoms with Crippen molar-refractivity contribution >= 4 is 5.97 Å². The molecule has 2 aromatic heterocycles. The van der Waals surface area contributed by atoms with E-state index in [0.29, 0.717) is 42.0 Å². The molecule has 0 aromatic carbocycles. The van der Waals surface area contributed by atoms with E-state index in [2.05, 4.69) is 15.2 Å². The third-order valence-electron chi connectivity index (χ3n) is 6.87. The summed E-state index contributed by atoms with van der Waals surface area (Å²) in [5.41, 5.74) is 0.938. The zero-order chi connectivity index (χ0) is 23.8. The highest BCUT2D eigenvalue weighted by atomic mass is 19.4. The van der Waals surface area contributed by atoms with Gasteiger partial charge in [-0.05, 0) is 57.1 Å². The molecule has 2 aromatic rings. The van der Waals surface area contributed by atoms with Gasteiger partial charge in [-0.25, -0.2) is 4.98 Å². The number of halogens is 3. The predicted molar refractivity (Wildman–Crippen MR) is 112 cm³/mol. The molecule has 0 bridgehead atoms. The second-order valence-electron chi connectivity index (χ2n) is 9.12. The second kappa shape index (κ2) is 8.79. The maximum Gasteiger partial charge on any atom is 0.391 e. The van der Waals surface area contributed by atoms with Crippen LogP contribution in [0.1, 0.15) is 50.6 Å². The number of aromatic nitrogens is 3. The zero-order valence-corrected chi connectivity index (χ0v) is 18.4. The first-order chi connectivity index (χ1) is 15.6. The van der Waals surface area contributed by atoms with Gasteiger partial charge in [0, 0.05) is 17.5 Å². The van der Waals surface area contributed by atoms with Crippen LogP contribution in [0.5, 0.6) is 11.6 Å². The quantitative estimate of drug-likeness (QED) is 0.623. The van der Waals surface area contributed by atoms with E-state index >= 15 is 0 Å². The summed E-state index contributed by atoms with van der Waals surface area (Å²) in [6, 6.07) is 5.18. The smallest absolute Gasteiger partial charge is 0.391 e. The van der Waals surface area contributed by atoms with Crippen LogP contribution in [0.25, 0.3) is 11.3 Å². The Kier molecular flexibility index (Phi) is 6.20. The molecular weight excluding hydrogens is 439 g/mol. The number of hydrogen-bond acceptors (Lipinski definition) is 6. The van der Waals surface area contributed by atoms with E-state index < -0.39 is 23.5 Å². The zero-order valence-electron chi connectivity index (χ0n) is 18.4. The van der Waals surface area contributed by atoms with Crippen molar-refractivity contribution in [2.75, 3.05) is 13.7 Å². The maximum absolute atomic E-state index is 12.8. The molecule has 178 valence electrons. The monoisotopic (exact) mass is 465 g/mol. The average Bonchev–Trinajstić information content (AvgIpc) is 3.50. The van der Waals surface area contributed by atoms with Gasteiger partial charge in [0.1, 0.15) is 5.75 Å². The Morgan fingerprint density at radius 3 is 2.58 bits per heavy atom. The van der Waals surface area contributed by atoms with Crippen LogP contribution in [-0.2, 0) is 4.79 Å². The highest BCUT2D eigenvalue weighted by Crippen LogP contribution is 2.60. The van der Waals surface area contributed by atoms with E-state index in [0.717, 1.165) is 0 Å². The molecule has 1 N–H and O–H groups in total. The number of ether oxygens (including phenoxy) is 2. The number of carboxylic acid groups (broad SMARTS) is 1. The number of aliphatic carboxylic acids is 1. The van der Waals surface area contributed by atoms with Gasteiger partial charge in [0.15, 0.2) is 0 Å². The Morgan fingerprint density at radius 2 is 1.97 bits per heavy atom. The minimum absolute atomic E-state index is 0.0448. The largest absolute Gasteiger partial charge is 0.495 e. The molecule has 2 unspecified atom stereocenters. The molecule has 2 saturated carbocycles. The number of alkyl halides is 3. The normalized spacial score (nSPS) is 27.1. The minimum Gasteiger partial charge on any atom is -0.495 e. The third kappa shape index (κ3) is 4.89. The number of carbonyl (C=O) groups is 1. The topological polar surface area (TPSA) is 94.4 Å². The molecule has 7 nitrogen and oxygen atoms in total. The molecule has 2 aliphatic rings. The van der Waals surface area contributed by atoms with Crippen molar-refractivity contribution in [3.05, 3.63) is 30.1 Å². The predicted octanol–water partition coefficient (Wildman–Crippen LogP) is 4.87. The van der Waals surface area contributed by atoms with E-state index in [1.807, 2.05) is 0 Å². The fourth-order valence-electron chi connectivity index (χ4n) is 4.46. The lowest BCUT2D eigenvalue weighted by molar-refractivity contribution is -0.184. The summed E-state index contributed by atoms with van der Waals surface area (Å²) < 4.78 is 49.7. The van der Waals surface area contributed by atoms with Gasteiger partial charge in [0.25, 0.3) is 0 Å². The summed E-state index contributed by atoms with van der Waals surface area (Å²) >= 11 is 0. The van der Waals surface area contributed by atoms with Crippen molar-refractivity contribution < 1.29 is 32.5 Å². The molecule has 2 atom stereocenters. The molecule has 0 spiro atoms. The summed E-state index contributed by atoms with van der Waals surface area (Å²) in [5, 5.41) is 17.4. The molecule has 0 radical (unpaired) electrons. The van der Waals surface area contributed by atoms with Crippen LogP contribution in [0.15, 0.2) is 24.4 Å². The molecule has 4 rings (SSSR count). The van der Waals surface area contributed by atoms with Gasteiger partial charge in [0.05, 0.1) is 42.6 Å². The van der Waals surface area contributed by atoms with E-state index in [1.165, 1.54) is 13.3 Å². The van der Waals surface area contributed by atoms with Crippen LogP contribution in [0.3, 0.4) is 0 Å². The summed E-state index contributed by atoms with van der Waals surface area (Å²) in [6.45, 7) is 1.97. The Balaban J connectivity index is 1.44. The first-order valence-corrected chi connectivity index (χ1v) is 10.9. The van der Waals surface area contributed by atoms with E-state index in [-0.39, 0.29) is 37.2 Å². The Morgan fingerprint density at radius 1 is 1.24 bits per heavy atom. The number of nitrogens with zero attached hydrogens (tertiary/aromatic N) is 3. The van der Waals surface area contributed by atoms with Crippen LogP contribution < -0.4 is 9.47 Å². The summed E-state index contributed by atoms with van der Waals surface area (Å²) in [7, 11) is 1.52. The number of methoxy groups -OCH3 is 1. The molecule has 0 saturated heterocycles. The number of carboxylic acids is 1. The number of rotatable bonds is 7. The van der Waals surface area contributed by atoms with Crippen molar-refractivity contribution in [2.45, 2.75) is 51.1 Å². The van der Waals surface area contributed by atoms with Gasteiger partial charge in [-0.1, -0.05) is 0 Å². The van der Waals surface area contributed by atoms with E-state index in [4.69, 9.17) is 9.47 Å². The molecular formula is C23H26F3N3O4. The fourth-order valence-corrected chi connectivity index (χ4v) is 4.46. The maximum atomic E-state index is 12.8. The highest BCUT2D eigenvalue weighted by molar-refractivity contribution is 5.80. The highest BCUT2D eigenvalue weighted by Gasteiger charge is 2.59. The Labute approximate surface area is 189 Å². The van der Waals surface area contributed by atoms with Gasteiger partial charge in [-0.2, -0.15) is 18.3 Å². The summed E-state index contributed by atoms with van der Waals surface area (Å²) in [5.74, 6) is -1.49. The first-order valence-electron chi connectivity index (χ1n) is 10.9. The van der Waals surface area contributed by atoms with Crippen LogP contribution in [-0.4, -0.2) is 46.2 Å². The molecule has 33 heavy (non-hydrogen) atoms. The first kappa shape index (κ1) is 23.3. The average molecular weight is 465 g/mol. The van der Waals surface area contributed by atoms with Crippen molar-refractivity contribution in [3.8, 4) is 22.9 Å². The Hall–Kier alpha value is -2.91. The molecule has 2 heterocycles. The van der Waals surface area contributed by atoms with E-state index in [1.54, 1.807) is 25.1 Å².